The highest BCUT2D eigenvalue weighted by atomic mass is 19.1. The standard InChI is InChI=1S/C16H17FO4/c1-12(18)20-8-6-19-7-9-21-16-5-3-13-10-15(17)4-2-14(13)11-16/h2-5,10-11H,6-9H2,1H3. The summed E-state index contributed by atoms with van der Waals surface area (Å²) in [6.45, 7) is 2.75. The molecule has 0 aliphatic heterocycles. The molecule has 2 rings (SSSR count). The molecule has 4 nitrogen and oxygen atoms in total. The zero-order chi connectivity index (χ0) is 15.1. The van der Waals surface area contributed by atoms with Crippen LogP contribution in [0.2, 0.25) is 0 Å². The van der Waals surface area contributed by atoms with Gasteiger partial charge in [-0.15, -0.1) is 0 Å². The summed E-state index contributed by atoms with van der Waals surface area (Å²) in [5, 5.41) is 1.75. The minimum atomic E-state index is -0.317. The number of fused-ring (bicyclic) bond motifs is 1. The molecule has 0 aliphatic rings. The molecule has 0 spiro atoms. The maximum absolute atomic E-state index is 13.1. The van der Waals surface area contributed by atoms with E-state index in [1.165, 1.54) is 19.1 Å². The fourth-order valence-electron chi connectivity index (χ4n) is 1.85. The molecular formula is C16H17FO4. The van der Waals surface area contributed by atoms with E-state index in [4.69, 9.17) is 14.2 Å². The van der Waals surface area contributed by atoms with Crippen LogP contribution >= 0.6 is 0 Å². The molecule has 0 N–H and O–H groups in total. The Hall–Kier alpha value is -2.14. The van der Waals surface area contributed by atoms with E-state index in [0.717, 1.165) is 10.8 Å². The highest BCUT2D eigenvalue weighted by molar-refractivity contribution is 5.83. The van der Waals surface area contributed by atoms with Crippen LogP contribution in [0.4, 0.5) is 4.39 Å². The van der Waals surface area contributed by atoms with Crippen molar-refractivity contribution >= 4 is 16.7 Å². The summed E-state index contributed by atoms with van der Waals surface area (Å²) in [5.74, 6) is 0.137. The van der Waals surface area contributed by atoms with Crippen molar-refractivity contribution in [3.63, 3.8) is 0 Å². The number of esters is 1. The van der Waals surface area contributed by atoms with Gasteiger partial charge in [0.2, 0.25) is 0 Å². The van der Waals surface area contributed by atoms with E-state index in [2.05, 4.69) is 0 Å². The van der Waals surface area contributed by atoms with Crippen LogP contribution in [0, 0.1) is 5.82 Å². The first kappa shape index (κ1) is 15.3. The molecule has 0 saturated heterocycles. The summed E-state index contributed by atoms with van der Waals surface area (Å²) in [6.07, 6.45) is 0. The van der Waals surface area contributed by atoms with Crippen LogP contribution in [-0.4, -0.2) is 32.4 Å². The van der Waals surface area contributed by atoms with E-state index < -0.39 is 0 Å². The first-order chi connectivity index (χ1) is 10.1. The molecule has 0 bridgehead atoms. The molecule has 0 amide bonds. The highest BCUT2D eigenvalue weighted by Crippen LogP contribution is 2.21. The van der Waals surface area contributed by atoms with Crippen molar-refractivity contribution in [2.75, 3.05) is 26.4 Å². The van der Waals surface area contributed by atoms with Crippen LogP contribution in [0.3, 0.4) is 0 Å². The molecule has 2 aromatic rings. The van der Waals surface area contributed by atoms with Gasteiger partial charge in [-0.3, -0.25) is 4.79 Å². The molecule has 0 aromatic heterocycles. The Kier molecular flexibility index (Phi) is 5.51. The molecule has 0 heterocycles. The predicted octanol–water partition coefficient (Wildman–Crippen LogP) is 2.94. The van der Waals surface area contributed by atoms with Crippen molar-refractivity contribution in [2.24, 2.45) is 0 Å². The van der Waals surface area contributed by atoms with Crippen molar-refractivity contribution in [3.8, 4) is 5.75 Å². The zero-order valence-electron chi connectivity index (χ0n) is 11.8. The fraction of sp³-hybridized carbons (Fsp3) is 0.312. The molecule has 0 aliphatic carbocycles. The summed E-state index contributed by atoms with van der Waals surface area (Å²) in [7, 11) is 0. The van der Waals surface area contributed by atoms with E-state index in [-0.39, 0.29) is 18.4 Å². The van der Waals surface area contributed by atoms with Gasteiger partial charge < -0.3 is 14.2 Å². The van der Waals surface area contributed by atoms with Crippen LogP contribution < -0.4 is 4.74 Å². The quantitative estimate of drug-likeness (QED) is 0.581. The third kappa shape index (κ3) is 5.04. The number of hydrogen-bond acceptors (Lipinski definition) is 4. The fourth-order valence-corrected chi connectivity index (χ4v) is 1.85. The molecule has 5 heteroatoms. The van der Waals surface area contributed by atoms with Gasteiger partial charge in [0.15, 0.2) is 0 Å². The highest BCUT2D eigenvalue weighted by Gasteiger charge is 1.99. The molecule has 0 radical (unpaired) electrons. The van der Waals surface area contributed by atoms with Gasteiger partial charge in [-0.25, -0.2) is 4.39 Å². The van der Waals surface area contributed by atoms with Crippen LogP contribution in [0.25, 0.3) is 10.8 Å². The normalized spacial score (nSPS) is 10.6. The van der Waals surface area contributed by atoms with Gasteiger partial charge in [0.25, 0.3) is 0 Å². The Bertz CT molecular complexity index is 612. The lowest BCUT2D eigenvalue weighted by atomic mass is 10.1. The summed E-state index contributed by atoms with van der Waals surface area (Å²) in [5.41, 5.74) is 0. The van der Waals surface area contributed by atoms with Gasteiger partial charge in [-0.1, -0.05) is 12.1 Å². The molecule has 112 valence electrons. The minimum Gasteiger partial charge on any atom is -0.491 e. The van der Waals surface area contributed by atoms with Crippen molar-refractivity contribution in [1.29, 1.82) is 0 Å². The number of carbonyl (C=O) groups is 1. The maximum Gasteiger partial charge on any atom is 0.302 e. The van der Waals surface area contributed by atoms with Crippen LogP contribution in [0.5, 0.6) is 5.75 Å². The molecule has 0 atom stereocenters. The molecule has 0 unspecified atom stereocenters. The SMILES string of the molecule is CC(=O)OCCOCCOc1ccc2cc(F)ccc2c1. The van der Waals surface area contributed by atoms with Gasteiger partial charge in [-0.05, 0) is 35.0 Å². The van der Waals surface area contributed by atoms with Crippen molar-refractivity contribution in [2.45, 2.75) is 6.92 Å². The Morgan fingerprint density at radius 1 is 1.00 bits per heavy atom. The first-order valence-corrected chi connectivity index (χ1v) is 6.68. The topological polar surface area (TPSA) is 44.8 Å². The molecule has 2 aromatic carbocycles. The molecule has 0 saturated carbocycles. The summed E-state index contributed by atoms with van der Waals surface area (Å²) in [4.78, 5) is 10.5. The number of rotatable bonds is 7. The lowest BCUT2D eigenvalue weighted by Gasteiger charge is -2.08. The second-order valence-corrected chi connectivity index (χ2v) is 4.45. The third-order valence-electron chi connectivity index (χ3n) is 2.80. The van der Waals surface area contributed by atoms with Crippen LogP contribution in [0.1, 0.15) is 6.92 Å². The van der Waals surface area contributed by atoms with Crippen molar-refractivity contribution < 1.29 is 23.4 Å². The van der Waals surface area contributed by atoms with Gasteiger partial charge in [0, 0.05) is 6.92 Å². The number of halogens is 1. The summed E-state index contributed by atoms with van der Waals surface area (Å²) >= 11 is 0. The van der Waals surface area contributed by atoms with Gasteiger partial charge in [0.1, 0.15) is 24.8 Å². The van der Waals surface area contributed by atoms with E-state index in [1.807, 2.05) is 12.1 Å². The lowest BCUT2D eigenvalue weighted by molar-refractivity contribution is -0.142. The first-order valence-electron chi connectivity index (χ1n) is 6.68. The summed E-state index contributed by atoms with van der Waals surface area (Å²) in [6, 6.07) is 10.1. The second kappa shape index (κ2) is 7.59. The molecular weight excluding hydrogens is 275 g/mol. The Labute approximate surface area is 122 Å². The smallest absolute Gasteiger partial charge is 0.302 e. The van der Waals surface area contributed by atoms with Gasteiger partial charge in [0.05, 0.1) is 13.2 Å². The Balaban J connectivity index is 1.73. The van der Waals surface area contributed by atoms with Gasteiger partial charge in [-0.2, -0.15) is 0 Å². The summed E-state index contributed by atoms with van der Waals surface area (Å²) < 4.78 is 28.6. The van der Waals surface area contributed by atoms with Crippen LogP contribution in [-0.2, 0) is 14.3 Å². The monoisotopic (exact) mass is 292 g/mol. The number of carbonyl (C=O) groups excluding carboxylic acids is 1. The second-order valence-electron chi connectivity index (χ2n) is 4.45. The average Bonchev–Trinajstić information content (AvgIpc) is 2.46. The third-order valence-corrected chi connectivity index (χ3v) is 2.80. The minimum absolute atomic E-state index is 0.247. The number of hydrogen-bond donors (Lipinski definition) is 0. The molecule has 0 fully saturated rings. The number of ether oxygens (including phenoxy) is 3. The Morgan fingerprint density at radius 2 is 1.71 bits per heavy atom. The zero-order valence-corrected chi connectivity index (χ0v) is 11.8. The van der Waals surface area contributed by atoms with Gasteiger partial charge >= 0.3 is 5.97 Å². The predicted molar refractivity (Wildman–Crippen MR) is 76.9 cm³/mol. The Morgan fingerprint density at radius 3 is 2.52 bits per heavy atom. The van der Waals surface area contributed by atoms with E-state index in [1.54, 1.807) is 12.1 Å². The number of benzene rings is 2. The largest absolute Gasteiger partial charge is 0.491 e. The van der Waals surface area contributed by atoms with Crippen molar-refractivity contribution in [1.82, 2.24) is 0 Å². The van der Waals surface area contributed by atoms with Crippen molar-refractivity contribution in [3.05, 3.63) is 42.2 Å². The van der Waals surface area contributed by atoms with Crippen LogP contribution in [0.15, 0.2) is 36.4 Å². The average molecular weight is 292 g/mol. The lowest BCUT2D eigenvalue weighted by Crippen LogP contribution is -2.12. The maximum atomic E-state index is 13.1. The molecule has 21 heavy (non-hydrogen) atoms. The van der Waals surface area contributed by atoms with E-state index in [9.17, 15) is 9.18 Å². The van der Waals surface area contributed by atoms with E-state index >= 15 is 0 Å². The van der Waals surface area contributed by atoms with E-state index in [0.29, 0.717) is 25.6 Å².